The lowest BCUT2D eigenvalue weighted by Gasteiger charge is -2.26. The third-order valence-corrected chi connectivity index (χ3v) is 2.49. The van der Waals surface area contributed by atoms with Crippen molar-refractivity contribution < 1.29 is 10.2 Å². The largest absolute Gasteiger partial charge is 0.396 e. The van der Waals surface area contributed by atoms with Crippen molar-refractivity contribution in [2.24, 2.45) is 11.3 Å². The molecule has 0 bridgehead atoms. The van der Waals surface area contributed by atoms with E-state index in [1.165, 1.54) is 0 Å². The molecule has 0 aromatic rings. The van der Waals surface area contributed by atoms with Crippen LogP contribution in [0.3, 0.4) is 0 Å². The minimum atomic E-state index is -0.102. The van der Waals surface area contributed by atoms with E-state index < -0.39 is 0 Å². The summed E-state index contributed by atoms with van der Waals surface area (Å²) in [6.45, 7) is 3.96. The Balaban J connectivity index is 2.56. The van der Waals surface area contributed by atoms with Gasteiger partial charge >= 0.3 is 0 Å². The quantitative estimate of drug-likeness (QED) is 0.476. The number of nitrogens with one attached hydrogen (secondary N) is 1. The number of hydrogen-bond acceptors (Lipinski definition) is 3. The van der Waals surface area contributed by atoms with Crippen LogP contribution in [0.5, 0.6) is 0 Å². The van der Waals surface area contributed by atoms with Crippen molar-refractivity contribution in [1.29, 1.82) is 0 Å². The molecule has 1 unspecified atom stereocenters. The van der Waals surface area contributed by atoms with Gasteiger partial charge in [0.15, 0.2) is 0 Å². The van der Waals surface area contributed by atoms with Crippen molar-refractivity contribution in [2.75, 3.05) is 26.3 Å². The first-order valence-electron chi connectivity index (χ1n) is 3.65. The zero-order valence-electron chi connectivity index (χ0n) is 6.30. The van der Waals surface area contributed by atoms with Gasteiger partial charge in [-0.25, -0.2) is 0 Å². The Morgan fingerprint density at radius 3 is 2.70 bits per heavy atom. The maximum absolute atomic E-state index is 8.98. The van der Waals surface area contributed by atoms with Gasteiger partial charge in [-0.05, 0) is 0 Å². The van der Waals surface area contributed by atoms with Crippen LogP contribution in [-0.4, -0.2) is 36.5 Å². The van der Waals surface area contributed by atoms with Crippen LogP contribution in [0.1, 0.15) is 6.92 Å². The lowest BCUT2D eigenvalue weighted by atomic mass is 9.81. The van der Waals surface area contributed by atoms with Crippen molar-refractivity contribution in [1.82, 2.24) is 5.32 Å². The molecule has 0 radical (unpaired) electrons. The third-order valence-electron chi connectivity index (χ3n) is 2.49. The maximum atomic E-state index is 8.98. The Morgan fingerprint density at radius 1 is 1.60 bits per heavy atom. The molecule has 2 atom stereocenters. The zero-order chi connectivity index (χ0) is 7.61. The maximum Gasteiger partial charge on any atom is 0.0500 e. The van der Waals surface area contributed by atoms with E-state index in [4.69, 9.17) is 10.2 Å². The van der Waals surface area contributed by atoms with Gasteiger partial charge in [-0.1, -0.05) is 6.92 Å². The molecule has 60 valence electrons. The monoisotopic (exact) mass is 145 g/mol. The van der Waals surface area contributed by atoms with E-state index in [9.17, 15) is 0 Å². The first kappa shape index (κ1) is 7.98. The lowest BCUT2D eigenvalue weighted by Crippen LogP contribution is -2.32. The molecule has 1 fully saturated rings. The second-order valence-electron chi connectivity index (χ2n) is 3.32. The highest BCUT2D eigenvalue weighted by atomic mass is 16.3. The predicted molar refractivity (Wildman–Crippen MR) is 38.6 cm³/mol. The highest BCUT2D eigenvalue weighted by Crippen LogP contribution is 2.29. The molecule has 1 aliphatic rings. The molecule has 0 aromatic carbocycles. The van der Waals surface area contributed by atoms with Gasteiger partial charge in [0.1, 0.15) is 0 Å². The van der Waals surface area contributed by atoms with Crippen molar-refractivity contribution >= 4 is 0 Å². The number of rotatable bonds is 2. The average molecular weight is 145 g/mol. The van der Waals surface area contributed by atoms with Crippen LogP contribution < -0.4 is 5.32 Å². The average Bonchev–Trinajstić information content (AvgIpc) is 2.32. The molecule has 1 rings (SSSR count). The van der Waals surface area contributed by atoms with Gasteiger partial charge in [-0.3, -0.25) is 0 Å². The van der Waals surface area contributed by atoms with Crippen LogP contribution >= 0.6 is 0 Å². The molecule has 0 saturated carbocycles. The second kappa shape index (κ2) is 2.86. The van der Waals surface area contributed by atoms with E-state index in [2.05, 4.69) is 5.32 Å². The Kier molecular flexibility index (Phi) is 2.28. The summed E-state index contributed by atoms with van der Waals surface area (Å²) in [6.07, 6.45) is 0. The van der Waals surface area contributed by atoms with Gasteiger partial charge in [0, 0.05) is 31.0 Å². The summed E-state index contributed by atoms with van der Waals surface area (Å²) in [4.78, 5) is 0. The molecule has 3 N–H and O–H groups in total. The molecule has 3 nitrogen and oxygen atoms in total. The number of aliphatic hydroxyl groups excluding tert-OH is 2. The zero-order valence-corrected chi connectivity index (χ0v) is 6.30. The van der Waals surface area contributed by atoms with Crippen molar-refractivity contribution in [3.8, 4) is 0 Å². The van der Waals surface area contributed by atoms with Gasteiger partial charge < -0.3 is 15.5 Å². The number of aliphatic hydroxyl groups is 2. The van der Waals surface area contributed by atoms with Crippen molar-refractivity contribution in [2.45, 2.75) is 6.92 Å². The fourth-order valence-corrected chi connectivity index (χ4v) is 1.39. The van der Waals surface area contributed by atoms with Crippen LogP contribution in [0, 0.1) is 11.3 Å². The van der Waals surface area contributed by atoms with Gasteiger partial charge in [-0.2, -0.15) is 0 Å². The fraction of sp³-hybridized carbons (Fsp3) is 1.00. The van der Waals surface area contributed by atoms with Crippen molar-refractivity contribution in [3.05, 3.63) is 0 Å². The number of hydrogen-bond donors (Lipinski definition) is 3. The van der Waals surface area contributed by atoms with Crippen molar-refractivity contribution in [3.63, 3.8) is 0 Å². The molecular weight excluding hydrogens is 130 g/mol. The molecule has 0 spiro atoms. The van der Waals surface area contributed by atoms with E-state index in [1.54, 1.807) is 0 Å². The summed E-state index contributed by atoms with van der Waals surface area (Å²) in [5.41, 5.74) is -0.102. The highest BCUT2D eigenvalue weighted by molar-refractivity contribution is 4.90. The summed E-state index contributed by atoms with van der Waals surface area (Å²) in [5, 5.41) is 21.0. The fourth-order valence-electron chi connectivity index (χ4n) is 1.39. The Morgan fingerprint density at radius 2 is 2.30 bits per heavy atom. The smallest absolute Gasteiger partial charge is 0.0500 e. The third kappa shape index (κ3) is 1.17. The molecule has 1 heterocycles. The highest BCUT2D eigenvalue weighted by Gasteiger charge is 2.37. The summed E-state index contributed by atoms with van der Waals surface area (Å²) >= 11 is 0. The van der Waals surface area contributed by atoms with Crippen LogP contribution in [0.4, 0.5) is 0 Å². The summed E-state index contributed by atoms with van der Waals surface area (Å²) in [6, 6.07) is 0. The standard InChI is InChI=1S/C7H15NO2/c1-7(5-10)4-8-2-6(7)3-9/h6,8-10H,2-5H2,1H3/t6?,7-/m1/s1. The first-order chi connectivity index (χ1) is 4.73. The first-order valence-corrected chi connectivity index (χ1v) is 3.65. The Labute approximate surface area is 61.1 Å². The second-order valence-corrected chi connectivity index (χ2v) is 3.32. The molecule has 0 amide bonds. The van der Waals surface area contributed by atoms with Gasteiger partial charge in [-0.15, -0.1) is 0 Å². The van der Waals surface area contributed by atoms with Gasteiger partial charge in [0.05, 0.1) is 6.61 Å². The van der Waals surface area contributed by atoms with E-state index in [-0.39, 0.29) is 24.5 Å². The predicted octanol–water partition coefficient (Wildman–Crippen LogP) is -0.803. The molecule has 3 heteroatoms. The van der Waals surface area contributed by atoms with Crippen LogP contribution in [0.15, 0.2) is 0 Å². The summed E-state index contributed by atoms with van der Waals surface area (Å²) in [7, 11) is 0. The molecule has 1 aliphatic heterocycles. The minimum Gasteiger partial charge on any atom is -0.396 e. The van der Waals surface area contributed by atoms with Gasteiger partial charge in [0.25, 0.3) is 0 Å². The molecule has 0 aliphatic carbocycles. The summed E-state index contributed by atoms with van der Waals surface area (Å²) in [5.74, 6) is 0.220. The molecule has 1 saturated heterocycles. The SMILES string of the molecule is C[C@]1(CO)CNCC1CO. The molecular formula is C7H15NO2. The topological polar surface area (TPSA) is 52.5 Å². The minimum absolute atomic E-state index is 0.102. The Hall–Kier alpha value is -0.120. The lowest BCUT2D eigenvalue weighted by molar-refractivity contribution is 0.0796. The summed E-state index contributed by atoms with van der Waals surface area (Å²) < 4.78 is 0. The van der Waals surface area contributed by atoms with Crippen LogP contribution in [0.2, 0.25) is 0 Å². The van der Waals surface area contributed by atoms with Crippen LogP contribution in [-0.2, 0) is 0 Å². The normalized spacial score (nSPS) is 40.5. The Bertz CT molecular complexity index is 118. The van der Waals surface area contributed by atoms with Crippen LogP contribution in [0.25, 0.3) is 0 Å². The van der Waals surface area contributed by atoms with Gasteiger partial charge in [0.2, 0.25) is 0 Å². The molecule has 10 heavy (non-hydrogen) atoms. The van der Waals surface area contributed by atoms with E-state index in [0.717, 1.165) is 13.1 Å². The molecule has 0 aromatic heterocycles. The van der Waals surface area contributed by atoms with E-state index in [0.29, 0.717) is 0 Å². The van der Waals surface area contributed by atoms with E-state index >= 15 is 0 Å². The van der Waals surface area contributed by atoms with E-state index in [1.807, 2.05) is 6.92 Å².